The third-order valence-corrected chi connectivity index (χ3v) is 6.39. The van der Waals surface area contributed by atoms with Crippen LogP contribution in [0, 0.1) is 0 Å². The van der Waals surface area contributed by atoms with Crippen molar-refractivity contribution in [3.63, 3.8) is 0 Å². The Hall–Kier alpha value is -2.00. The fourth-order valence-electron chi connectivity index (χ4n) is 3.14. The molecule has 8 nitrogen and oxygen atoms in total. The molecule has 25 heavy (non-hydrogen) atoms. The summed E-state index contributed by atoms with van der Waals surface area (Å²) in [6.07, 6.45) is 4.40. The number of imidazole rings is 1. The molecule has 1 amide bonds. The number of sulfonamides is 1. The maximum Gasteiger partial charge on any atom is 0.238 e. The lowest BCUT2D eigenvalue weighted by Crippen LogP contribution is -2.52. The number of carbonyl (C=O) groups excluding carboxylic acids is 1. The Labute approximate surface area is 147 Å². The van der Waals surface area contributed by atoms with Crippen LogP contribution in [0.1, 0.15) is 38.4 Å². The number of nitrogens with one attached hydrogen (secondary N) is 2. The first kappa shape index (κ1) is 17.8. The molecule has 9 heteroatoms. The Morgan fingerprint density at radius 3 is 3.04 bits per heavy atom. The van der Waals surface area contributed by atoms with E-state index in [2.05, 4.69) is 20.3 Å². The molecule has 0 spiro atoms. The number of pyridine rings is 1. The molecule has 1 atom stereocenters. The topological polar surface area (TPSA) is 108 Å². The lowest BCUT2D eigenvalue weighted by molar-refractivity contribution is -0.125. The highest BCUT2D eigenvalue weighted by molar-refractivity contribution is 7.89. The summed E-state index contributed by atoms with van der Waals surface area (Å²) in [6, 6.07) is 3.04. The summed E-state index contributed by atoms with van der Waals surface area (Å²) in [6.45, 7) is 2.45. The first-order valence-corrected chi connectivity index (χ1v) is 10.2. The van der Waals surface area contributed by atoms with Gasteiger partial charge in [0, 0.05) is 12.7 Å². The molecule has 0 saturated carbocycles. The summed E-state index contributed by atoms with van der Waals surface area (Å²) >= 11 is 0. The highest BCUT2D eigenvalue weighted by Crippen LogP contribution is 2.21. The minimum atomic E-state index is -3.39. The molecule has 136 valence electrons. The molecule has 0 aromatic carbocycles. The normalized spacial score (nSPS) is 19.2. The monoisotopic (exact) mass is 365 g/mol. The molecule has 3 rings (SSSR count). The molecule has 1 aliphatic heterocycles. The molecule has 2 aromatic heterocycles. The molecule has 2 aromatic rings. The lowest BCUT2D eigenvalue weighted by Gasteiger charge is -2.33. The number of aromatic nitrogens is 3. The number of H-pyrrole nitrogens is 1. The van der Waals surface area contributed by atoms with Gasteiger partial charge in [-0.05, 0) is 31.4 Å². The van der Waals surface area contributed by atoms with Crippen LogP contribution in [0.3, 0.4) is 0 Å². The maximum atomic E-state index is 12.6. The zero-order chi connectivity index (χ0) is 17.9. The van der Waals surface area contributed by atoms with Gasteiger partial charge in [-0.1, -0.05) is 13.3 Å². The summed E-state index contributed by atoms with van der Waals surface area (Å²) in [5.41, 5.74) is 1.40. The minimum absolute atomic E-state index is 0.0754. The van der Waals surface area contributed by atoms with Gasteiger partial charge in [0.2, 0.25) is 15.9 Å². The summed E-state index contributed by atoms with van der Waals surface area (Å²) in [4.78, 5) is 24.1. The van der Waals surface area contributed by atoms with E-state index < -0.39 is 16.1 Å². The van der Waals surface area contributed by atoms with Crippen molar-refractivity contribution in [3.05, 3.63) is 24.2 Å². The maximum absolute atomic E-state index is 12.6. The Kier molecular flexibility index (Phi) is 5.33. The van der Waals surface area contributed by atoms with Gasteiger partial charge in [0.05, 0.1) is 17.8 Å². The zero-order valence-electron chi connectivity index (χ0n) is 14.2. The quantitative estimate of drug-likeness (QED) is 0.799. The highest BCUT2D eigenvalue weighted by atomic mass is 32.2. The number of piperidine rings is 1. The Morgan fingerprint density at radius 1 is 1.44 bits per heavy atom. The van der Waals surface area contributed by atoms with E-state index in [0.717, 1.165) is 18.4 Å². The van der Waals surface area contributed by atoms with Crippen LogP contribution in [0.5, 0.6) is 0 Å². The van der Waals surface area contributed by atoms with Crippen LogP contribution in [0.25, 0.3) is 11.2 Å². The molecular formula is C16H23N5O3S. The number of carbonyl (C=O) groups is 1. The van der Waals surface area contributed by atoms with E-state index in [9.17, 15) is 13.2 Å². The number of amides is 1. The number of hydrogen-bond donors (Lipinski definition) is 2. The van der Waals surface area contributed by atoms with E-state index in [1.165, 1.54) is 4.31 Å². The smallest absolute Gasteiger partial charge is 0.238 e. The number of nitrogens with zero attached hydrogens (tertiary/aromatic N) is 3. The molecule has 2 N–H and O–H groups in total. The van der Waals surface area contributed by atoms with Crippen molar-refractivity contribution in [1.82, 2.24) is 24.6 Å². The van der Waals surface area contributed by atoms with Crippen LogP contribution in [-0.4, -0.2) is 51.9 Å². The number of aromatic amines is 1. The van der Waals surface area contributed by atoms with Crippen LogP contribution in [0.2, 0.25) is 0 Å². The average molecular weight is 365 g/mol. The van der Waals surface area contributed by atoms with Gasteiger partial charge >= 0.3 is 0 Å². The second-order valence-electron chi connectivity index (χ2n) is 6.21. The van der Waals surface area contributed by atoms with Gasteiger partial charge in [-0.25, -0.2) is 18.4 Å². The zero-order valence-corrected chi connectivity index (χ0v) is 15.1. The fourth-order valence-corrected chi connectivity index (χ4v) is 4.89. The lowest BCUT2D eigenvalue weighted by atomic mass is 10.0. The Bertz CT molecular complexity index is 815. The van der Waals surface area contributed by atoms with Crippen molar-refractivity contribution >= 4 is 27.1 Å². The number of hydrogen-bond acceptors (Lipinski definition) is 5. The van der Waals surface area contributed by atoms with Crippen LogP contribution >= 0.6 is 0 Å². The minimum Gasteiger partial charge on any atom is -0.347 e. The van der Waals surface area contributed by atoms with Gasteiger partial charge in [-0.3, -0.25) is 4.79 Å². The van der Waals surface area contributed by atoms with Crippen molar-refractivity contribution < 1.29 is 13.2 Å². The summed E-state index contributed by atoms with van der Waals surface area (Å²) in [5.74, 6) is 0.403. The molecule has 0 radical (unpaired) electrons. The number of fused-ring (bicyclic) bond motifs is 1. The van der Waals surface area contributed by atoms with Gasteiger partial charge in [0.15, 0.2) is 5.65 Å². The first-order valence-electron chi connectivity index (χ1n) is 8.58. The van der Waals surface area contributed by atoms with Crippen LogP contribution in [0.15, 0.2) is 18.3 Å². The van der Waals surface area contributed by atoms with Crippen molar-refractivity contribution in [2.75, 3.05) is 12.3 Å². The van der Waals surface area contributed by atoms with Crippen LogP contribution < -0.4 is 5.32 Å². The van der Waals surface area contributed by atoms with E-state index in [1.54, 1.807) is 12.3 Å². The first-order chi connectivity index (χ1) is 12.0. The summed E-state index contributed by atoms with van der Waals surface area (Å²) in [7, 11) is -3.39. The van der Waals surface area contributed by atoms with Gasteiger partial charge < -0.3 is 10.3 Å². The Morgan fingerprint density at radius 2 is 2.28 bits per heavy atom. The summed E-state index contributed by atoms with van der Waals surface area (Å²) < 4.78 is 26.2. The fraction of sp³-hybridized carbons (Fsp3) is 0.562. The molecule has 0 bridgehead atoms. The van der Waals surface area contributed by atoms with Crippen molar-refractivity contribution in [2.45, 2.75) is 45.2 Å². The average Bonchev–Trinajstić information content (AvgIpc) is 3.02. The van der Waals surface area contributed by atoms with Gasteiger partial charge in [0.25, 0.3) is 0 Å². The van der Waals surface area contributed by atoms with Gasteiger partial charge in [0.1, 0.15) is 11.9 Å². The molecule has 1 aliphatic rings. The largest absolute Gasteiger partial charge is 0.347 e. The molecule has 1 saturated heterocycles. The van der Waals surface area contributed by atoms with E-state index in [4.69, 9.17) is 0 Å². The molecular weight excluding hydrogens is 342 g/mol. The van der Waals surface area contributed by atoms with Gasteiger partial charge in [-0.15, -0.1) is 0 Å². The molecule has 0 aliphatic carbocycles. The highest BCUT2D eigenvalue weighted by Gasteiger charge is 2.36. The van der Waals surface area contributed by atoms with E-state index in [1.807, 2.05) is 13.0 Å². The second-order valence-corrected chi connectivity index (χ2v) is 8.26. The predicted molar refractivity (Wildman–Crippen MR) is 94.2 cm³/mol. The van der Waals surface area contributed by atoms with Crippen LogP contribution in [0.4, 0.5) is 0 Å². The molecule has 1 unspecified atom stereocenters. The Balaban J connectivity index is 1.68. The standard InChI is InChI=1S/C16H23N5O3S/c1-2-10-25(23,24)21-9-4-3-7-13(21)16(22)18-11-14-19-12-6-5-8-17-15(12)20-14/h5-6,8,13H,2-4,7,9-11H2,1H3,(H,18,22)(H,17,19,20). The second kappa shape index (κ2) is 7.49. The molecule has 1 fully saturated rings. The summed E-state index contributed by atoms with van der Waals surface area (Å²) in [5, 5.41) is 2.81. The third kappa shape index (κ3) is 3.98. The number of rotatable bonds is 6. The van der Waals surface area contributed by atoms with Crippen molar-refractivity contribution in [1.29, 1.82) is 0 Å². The third-order valence-electron chi connectivity index (χ3n) is 4.31. The van der Waals surface area contributed by atoms with Gasteiger partial charge in [-0.2, -0.15) is 4.31 Å². The van der Waals surface area contributed by atoms with E-state index >= 15 is 0 Å². The molecule has 3 heterocycles. The van der Waals surface area contributed by atoms with Crippen molar-refractivity contribution in [3.8, 4) is 0 Å². The van der Waals surface area contributed by atoms with E-state index in [0.29, 0.717) is 30.9 Å². The predicted octanol–water partition coefficient (Wildman–Crippen LogP) is 1.17. The van der Waals surface area contributed by atoms with Crippen molar-refractivity contribution in [2.24, 2.45) is 0 Å². The SMILES string of the molecule is CCCS(=O)(=O)N1CCCCC1C(=O)NCc1nc2ncccc2[nH]1. The van der Waals surface area contributed by atoms with E-state index in [-0.39, 0.29) is 18.2 Å². The van der Waals surface area contributed by atoms with Crippen LogP contribution in [-0.2, 0) is 21.4 Å².